The van der Waals surface area contributed by atoms with E-state index >= 15 is 0 Å². The summed E-state index contributed by atoms with van der Waals surface area (Å²) < 4.78 is 17.1. The van der Waals surface area contributed by atoms with Gasteiger partial charge in [-0.3, -0.25) is 0 Å². The fourth-order valence-corrected chi connectivity index (χ4v) is 3.42. The van der Waals surface area contributed by atoms with Gasteiger partial charge in [-0.15, -0.1) is 0 Å². The Hall–Kier alpha value is -1.52. The van der Waals surface area contributed by atoms with Crippen LogP contribution < -0.4 is 10.1 Å². The highest BCUT2D eigenvalue weighted by Gasteiger charge is 2.40. The topological polar surface area (TPSA) is 43.6 Å². The molecule has 3 atom stereocenters. The first-order chi connectivity index (χ1) is 9.83. The van der Waals surface area contributed by atoms with Gasteiger partial charge in [0.2, 0.25) is 0 Å². The number of furan rings is 1. The van der Waals surface area contributed by atoms with E-state index in [-0.39, 0.29) is 0 Å². The Morgan fingerprint density at radius 3 is 3.05 bits per heavy atom. The predicted octanol–water partition coefficient (Wildman–Crippen LogP) is 2.85. The van der Waals surface area contributed by atoms with Crippen LogP contribution in [0.2, 0.25) is 0 Å². The van der Waals surface area contributed by atoms with Gasteiger partial charge < -0.3 is 19.2 Å². The quantitative estimate of drug-likeness (QED) is 0.930. The number of hydrogen-bond acceptors (Lipinski definition) is 4. The van der Waals surface area contributed by atoms with Crippen LogP contribution in [0.4, 0.5) is 0 Å². The number of benzene rings is 1. The summed E-state index contributed by atoms with van der Waals surface area (Å²) in [6.07, 6.45) is 4.43. The van der Waals surface area contributed by atoms with Crippen LogP contribution in [0.1, 0.15) is 25.0 Å². The molecule has 20 heavy (non-hydrogen) atoms. The molecule has 3 unspecified atom stereocenters. The van der Waals surface area contributed by atoms with E-state index in [0.717, 1.165) is 35.4 Å². The standard InChI is InChI=1S/C16H19NO3/c1-18-15-4-2-3-10-7-12(20-16(10)15)9-17-13-8-11-5-6-14(13)19-11/h2-4,7,11,13-14,17H,5-6,8-9H2,1H3. The molecule has 2 bridgehead atoms. The van der Waals surface area contributed by atoms with E-state index in [1.54, 1.807) is 7.11 Å². The van der Waals surface area contributed by atoms with Gasteiger partial charge in [-0.1, -0.05) is 12.1 Å². The Balaban J connectivity index is 1.49. The molecule has 1 aromatic carbocycles. The zero-order valence-corrected chi connectivity index (χ0v) is 11.6. The molecule has 2 aliphatic heterocycles. The Bertz CT molecular complexity index is 621. The molecule has 2 aliphatic rings. The molecule has 3 heterocycles. The highest BCUT2D eigenvalue weighted by atomic mass is 16.5. The predicted molar refractivity (Wildman–Crippen MR) is 75.9 cm³/mol. The van der Waals surface area contributed by atoms with E-state index in [9.17, 15) is 0 Å². The lowest BCUT2D eigenvalue weighted by Gasteiger charge is -2.19. The number of rotatable bonds is 4. The van der Waals surface area contributed by atoms with Crippen molar-refractivity contribution in [3.8, 4) is 5.75 Å². The highest BCUT2D eigenvalue weighted by molar-refractivity contribution is 5.83. The number of fused-ring (bicyclic) bond motifs is 3. The van der Waals surface area contributed by atoms with E-state index in [2.05, 4.69) is 11.4 Å². The van der Waals surface area contributed by atoms with E-state index in [4.69, 9.17) is 13.9 Å². The molecule has 1 N–H and O–H groups in total. The lowest BCUT2D eigenvalue weighted by molar-refractivity contribution is 0.0971. The van der Waals surface area contributed by atoms with Crippen molar-refractivity contribution >= 4 is 11.0 Å². The average molecular weight is 273 g/mol. The van der Waals surface area contributed by atoms with Gasteiger partial charge in [-0.2, -0.15) is 0 Å². The summed E-state index contributed by atoms with van der Waals surface area (Å²) in [7, 11) is 1.67. The second kappa shape index (κ2) is 4.79. The Morgan fingerprint density at radius 1 is 1.35 bits per heavy atom. The van der Waals surface area contributed by atoms with E-state index in [0.29, 0.717) is 18.2 Å². The Morgan fingerprint density at radius 2 is 2.30 bits per heavy atom. The smallest absolute Gasteiger partial charge is 0.176 e. The third-order valence-corrected chi connectivity index (χ3v) is 4.42. The number of hydrogen-bond donors (Lipinski definition) is 1. The second-order valence-corrected chi connectivity index (χ2v) is 5.69. The molecular formula is C16H19NO3. The van der Waals surface area contributed by atoms with Crippen LogP contribution >= 0.6 is 0 Å². The molecule has 1 aromatic heterocycles. The van der Waals surface area contributed by atoms with Crippen LogP contribution in [-0.2, 0) is 11.3 Å². The molecule has 4 nitrogen and oxygen atoms in total. The van der Waals surface area contributed by atoms with Crippen molar-refractivity contribution in [3.05, 3.63) is 30.0 Å². The Kier molecular flexibility index (Phi) is 2.93. The summed E-state index contributed by atoms with van der Waals surface area (Å²) in [5, 5.41) is 4.66. The molecule has 4 rings (SSSR count). The minimum atomic E-state index is 0.402. The van der Waals surface area contributed by atoms with Crippen LogP contribution in [0, 0.1) is 0 Å². The molecule has 0 amide bonds. The van der Waals surface area contributed by atoms with Crippen LogP contribution in [-0.4, -0.2) is 25.4 Å². The van der Waals surface area contributed by atoms with Gasteiger partial charge in [0.25, 0.3) is 0 Å². The largest absolute Gasteiger partial charge is 0.493 e. The van der Waals surface area contributed by atoms with Crippen molar-refractivity contribution in [2.24, 2.45) is 0 Å². The van der Waals surface area contributed by atoms with Crippen LogP contribution in [0.5, 0.6) is 5.75 Å². The van der Waals surface area contributed by atoms with Gasteiger partial charge in [0.15, 0.2) is 11.3 Å². The monoisotopic (exact) mass is 273 g/mol. The maximum atomic E-state index is 5.90. The van der Waals surface area contributed by atoms with Gasteiger partial charge in [0.1, 0.15) is 5.76 Å². The van der Waals surface area contributed by atoms with Crippen molar-refractivity contribution in [3.63, 3.8) is 0 Å². The summed E-state index contributed by atoms with van der Waals surface area (Å²) in [4.78, 5) is 0. The molecule has 106 valence electrons. The minimum absolute atomic E-state index is 0.402. The summed E-state index contributed by atoms with van der Waals surface area (Å²) in [6.45, 7) is 0.745. The normalized spacial score (nSPS) is 28.4. The van der Waals surface area contributed by atoms with E-state index < -0.39 is 0 Å². The van der Waals surface area contributed by atoms with Gasteiger partial charge in [0.05, 0.1) is 25.9 Å². The van der Waals surface area contributed by atoms with Crippen molar-refractivity contribution in [1.82, 2.24) is 5.32 Å². The van der Waals surface area contributed by atoms with E-state index in [1.165, 1.54) is 12.8 Å². The lowest BCUT2D eigenvalue weighted by atomic mass is 9.95. The number of methoxy groups -OCH3 is 1. The summed E-state index contributed by atoms with van der Waals surface area (Å²) in [5.41, 5.74) is 0.830. The third kappa shape index (κ3) is 2.00. The van der Waals surface area contributed by atoms with Crippen molar-refractivity contribution in [2.75, 3.05) is 7.11 Å². The van der Waals surface area contributed by atoms with Gasteiger partial charge in [-0.25, -0.2) is 0 Å². The molecule has 4 heteroatoms. The van der Waals surface area contributed by atoms with Crippen molar-refractivity contribution in [1.29, 1.82) is 0 Å². The molecule has 2 saturated heterocycles. The van der Waals surface area contributed by atoms with Crippen LogP contribution in [0.3, 0.4) is 0 Å². The minimum Gasteiger partial charge on any atom is -0.493 e. The van der Waals surface area contributed by atoms with Gasteiger partial charge in [-0.05, 0) is 31.4 Å². The fraction of sp³-hybridized carbons (Fsp3) is 0.500. The molecule has 2 aromatic rings. The number of para-hydroxylation sites is 1. The maximum absolute atomic E-state index is 5.90. The first-order valence-electron chi connectivity index (χ1n) is 7.28. The maximum Gasteiger partial charge on any atom is 0.176 e. The lowest BCUT2D eigenvalue weighted by Crippen LogP contribution is -2.36. The molecular weight excluding hydrogens is 254 g/mol. The number of nitrogens with one attached hydrogen (secondary N) is 1. The Labute approximate surface area is 118 Å². The first-order valence-corrected chi connectivity index (χ1v) is 7.28. The van der Waals surface area contributed by atoms with Gasteiger partial charge >= 0.3 is 0 Å². The number of ether oxygens (including phenoxy) is 2. The molecule has 2 fully saturated rings. The summed E-state index contributed by atoms with van der Waals surface area (Å²) in [6, 6.07) is 8.51. The highest BCUT2D eigenvalue weighted by Crippen LogP contribution is 2.34. The van der Waals surface area contributed by atoms with Crippen LogP contribution in [0.15, 0.2) is 28.7 Å². The second-order valence-electron chi connectivity index (χ2n) is 5.69. The zero-order chi connectivity index (χ0) is 13.5. The zero-order valence-electron chi connectivity index (χ0n) is 11.6. The van der Waals surface area contributed by atoms with Crippen molar-refractivity contribution in [2.45, 2.75) is 44.1 Å². The molecule has 0 saturated carbocycles. The SMILES string of the molecule is COc1cccc2cc(CNC3CC4CCC3O4)oc12. The van der Waals surface area contributed by atoms with Crippen LogP contribution in [0.25, 0.3) is 11.0 Å². The average Bonchev–Trinajstić information content (AvgIpc) is 3.18. The third-order valence-electron chi connectivity index (χ3n) is 4.42. The first kappa shape index (κ1) is 12.2. The molecule has 0 radical (unpaired) electrons. The molecule has 0 spiro atoms. The molecule has 0 aliphatic carbocycles. The van der Waals surface area contributed by atoms with E-state index in [1.807, 2.05) is 18.2 Å². The summed E-state index contributed by atoms with van der Waals surface area (Å²) in [5.74, 6) is 1.74. The van der Waals surface area contributed by atoms with Gasteiger partial charge in [0, 0.05) is 11.4 Å². The fourth-order valence-electron chi connectivity index (χ4n) is 3.42. The van der Waals surface area contributed by atoms with Crippen molar-refractivity contribution < 1.29 is 13.9 Å². The summed E-state index contributed by atoms with van der Waals surface area (Å²) >= 11 is 0.